The Morgan fingerprint density at radius 3 is 2.16 bits per heavy atom. The number of rotatable bonds is 7. The lowest BCUT2D eigenvalue weighted by atomic mass is 10.2. The van der Waals surface area contributed by atoms with Gasteiger partial charge in [0.25, 0.3) is 5.69 Å². The molecular formula is C15H14F2N2O5S. The standard InChI is InChI=1S/C15H14F2N2O5S/c1-18(10-11-2-6-13(7-3-11)24-15(16)17)25(22,23)14-8-4-12(5-9-14)19(20)21/h2-9,15H,10H2,1H3. The zero-order valence-electron chi connectivity index (χ0n) is 13.0. The SMILES string of the molecule is CN(Cc1ccc(OC(F)F)cc1)S(=O)(=O)c1ccc([N+](=O)[O-])cc1. The summed E-state index contributed by atoms with van der Waals surface area (Å²) in [6.07, 6.45) is 0. The first kappa shape index (κ1) is 18.7. The minimum atomic E-state index is -3.85. The van der Waals surface area contributed by atoms with E-state index in [1.54, 1.807) is 0 Å². The molecule has 0 heterocycles. The van der Waals surface area contributed by atoms with Crippen molar-refractivity contribution in [3.05, 3.63) is 64.2 Å². The van der Waals surface area contributed by atoms with Crippen LogP contribution in [0.3, 0.4) is 0 Å². The number of nitro benzene ring substituents is 1. The maximum absolute atomic E-state index is 12.5. The predicted octanol–water partition coefficient (Wildman–Crippen LogP) is 3.02. The summed E-state index contributed by atoms with van der Waals surface area (Å²) >= 11 is 0. The summed E-state index contributed by atoms with van der Waals surface area (Å²) in [5.41, 5.74) is 0.353. The highest BCUT2D eigenvalue weighted by Gasteiger charge is 2.22. The summed E-state index contributed by atoms with van der Waals surface area (Å²) in [5.74, 6) is -0.0281. The van der Waals surface area contributed by atoms with Crippen LogP contribution in [0.15, 0.2) is 53.4 Å². The molecule has 0 radical (unpaired) electrons. The fraction of sp³-hybridized carbons (Fsp3) is 0.200. The fourth-order valence-corrected chi connectivity index (χ4v) is 3.20. The average Bonchev–Trinajstić information content (AvgIpc) is 2.56. The number of hydrogen-bond donors (Lipinski definition) is 0. The third-order valence-electron chi connectivity index (χ3n) is 3.31. The lowest BCUT2D eigenvalue weighted by Gasteiger charge is -2.17. The van der Waals surface area contributed by atoms with Crippen LogP contribution < -0.4 is 4.74 Å². The van der Waals surface area contributed by atoms with E-state index in [0.29, 0.717) is 5.56 Å². The smallest absolute Gasteiger partial charge is 0.387 e. The van der Waals surface area contributed by atoms with Crippen LogP contribution in [0.1, 0.15) is 5.56 Å². The van der Waals surface area contributed by atoms with E-state index in [9.17, 15) is 27.3 Å². The number of nitro groups is 1. The Hall–Kier alpha value is -2.59. The van der Waals surface area contributed by atoms with E-state index in [4.69, 9.17) is 0 Å². The molecule has 0 aliphatic heterocycles. The molecule has 7 nitrogen and oxygen atoms in total. The van der Waals surface area contributed by atoms with Crippen molar-refractivity contribution in [1.29, 1.82) is 0 Å². The van der Waals surface area contributed by atoms with Crippen molar-refractivity contribution in [3.63, 3.8) is 0 Å². The lowest BCUT2D eigenvalue weighted by molar-refractivity contribution is -0.384. The van der Waals surface area contributed by atoms with Crippen LogP contribution in [-0.4, -0.2) is 31.3 Å². The second-order valence-corrected chi connectivity index (χ2v) is 7.08. The van der Waals surface area contributed by atoms with Gasteiger partial charge in [0, 0.05) is 25.7 Å². The van der Waals surface area contributed by atoms with Crippen molar-refractivity contribution in [2.24, 2.45) is 0 Å². The number of hydrogen-bond acceptors (Lipinski definition) is 5. The highest BCUT2D eigenvalue weighted by atomic mass is 32.2. The summed E-state index contributed by atoms with van der Waals surface area (Å²) in [6, 6.07) is 10.1. The van der Waals surface area contributed by atoms with Crippen molar-refractivity contribution in [1.82, 2.24) is 4.31 Å². The van der Waals surface area contributed by atoms with Gasteiger partial charge in [-0.15, -0.1) is 0 Å². The van der Waals surface area contributed by atoms with E-state index < -0.39 is 21.6 Å². The Kier molecular flexibility index (Phi) is 5.65. The van der Waals surface area contributed by atoms with Gasteiger partial charge in [0.15, 0.2) is 0 Å². The van der Waals surface area contributed by atoms with E-state index in [0.717, 1.165) is 28.6 Å². The molecule has 0 fully saturated rings. The van der Waals surface area contributed by atoms with Gasteiger partial charge in [0.2, 0.25) is 10.0 Å². The maximum atomic E-state index is 12.5. The molecule has 0 spiro atoms. The second-order valence-electron chi connectivity index (χ2n) is 5.03. The summed E-state index contributed by atoms with van der Waals surface area (Å²) < 4.78 is 54.4. The summed E-state index contributed by atoms with van der Waals surface area (Å²) in [5, 5.41) is 10.6. The topological polar surface area (TPSA) is 89.8 Å². The van der Waals surface area contributed by atoms with Gasteiger partial charge in [-0.05, 0) is 29.8 Å². The Bertz CT molecular complexity index is 839. The summed E-state index contributed by atoms with van der Waals surface area (Å²) in [6.45, 7) is -2.94. The normalized spacial score (nSPS) is 11.7. The predicted molar refractivity (Wildman–Crippen MR) is 84.8 cm³/mol. The van der Waals surface area contributed by atoms with Gasteiger partial charge in [-0.2, -0.15) is 13.1 Å². The maximum Gasteiger partial charge on any atom is 0.387 e. The minimum Gasteiger partial charge on any atom is -0.435 e. The number of sulfonamides is 1. The first-order valence-electron chi connectivity index (χ1n) is 6.94. The van der Waals surface area contributed by atoms with Gasteiger partial charge in [-0.1, -0.05) is 12.1 Å². The fourth-order valence-electron chi connectivity index (χ4n) is 2.04. The number of non-ortho nitro benzene ring substituents is 1. The molecule has 0 saturated heterocycles. The van der Waals surface area contributed by atoms with Gasteiger partial charge >= 0.3 is 6.61 Å². The quantitative estimate of drug-likeness (QED) is 0.550. The second kappa shape index (κ2) is 7.53. The average molecular weight is 372 g/mol. The third-order valence-corrected chi connectivity index (χ3v) is 5.13. The van der Waals surface area contributed by atoms with Crippen molar-refractivity contribution in [2.75, 3.05) is 7.05 Å². The van der Waals surface area contributed by atoms with Gasteiger partial charge in [0.05, 0.1) is 9.82 Å². The molecular weight excluding hydrogens is 358 g/mol. The van der Waals surface area contributed by atoms with Gasteiger partial charge in [-0.25, -0.2) is 8.42 Å². The van der Waals surface area contributed by atoms with Crippen LogP contribution in [0, 0.1) is 10.1 Å². The molecule has 0 N–H and O–H groups in total. The molecule has 0 aromatic heterocycles. The van der Waals surface area contributed by atoms with E-state index in [1.807, 2.05) is 0 Å². The number of benzene rings is 2. The number of halogens is 2. The largest absolute Gasteiger partial charge is 0.435 e. The first-order chi connectivity index (χ1) is 11.7. The molecule has 25 heavy (non-hydrogen) atoms. The van der Waals surface area contributed by atoms with E-state index >= 15 is 0 Å². The van der Waals surface area contributed by atoms with Crippen molar-refractivity contribution < 1.29 is 26.9 Å². The third kappa shape index (κ3) is 4.70. The number of alkyl halides is 2. The Morgan fingerprint density at radius 1 is 1.12 bits per heavy atom. The molecule has 2 rings (SSSR count). The van der Waals surface area contributed by atoms with Gasteiger partial charge in [0.1, 0.15) is 5.75 Å². The lowest BCUT2D eigenvalue weighted by Crippen LogP contribution is -2.26. The van der Waals surface area contributed by atoms with Gasteiger partial charge < -0.3 is 4.74 Å². The first-order valence-corrected chi connectivity index (χ1v) is 8.38. The van der Waals surface area contributed by atoms with Crippen LogP contribution in [0.5, 0.6) is 5.75 Å². The minimum absolute atomic E-state index is 0.00568. The molecule has 0 atom stereocenters. The zero-order valence-corrected chi connectivity index (χ0v) is 13.8. The molecule has 0 amide bonds. The highest BCUT2D eigenvalue weighted by Crippen LogP contribution is 2.21. The van der Waals surface area contributed by atoms with Crippen LogP contribution in [0.25, 0.3) is 0 Å². The van der Waals surface area contributed by atoms with Crippen LogP contribution >= 0.6 is 0 Å². The molecule has 134 valence electrons. The molecule has 0 aliphatic carbocycles. The summed E-state index contributed by atoms with van der Waals surface area (Å²) in [4.78, 5) is 9.91. The van der Waals surface area contributed by atoms with Crippen molar-refractivity contribution in [3.8, 4) is 5.75 Å². The van der Waals surface area contributed by atoms with Gasteiger partial charge in [-0.3, -0.25) is 10.1 Å². The number of nitrogens with zero attached hydrogens (tertiary/aromatic N) is 2. The molecule has 2 aromatic rings. The zero-order chi connectivity index (χ0) is 18.6. The van der Waals surface area contributed by atoms with Crippen LogP contribution in [0.2, 0.25) is 0 Å². The van der Waals surface area contributed by atoms with Crippen molar-refractivity contribution in [2.45, 2.75) is 18.1 Å². The van der Waals surface area contributed by atoms with Crippen LogP contribution in [0.4, 0.5) is 14.5 Å². The van der Waals surface area contributed by atoms with E-state index in [-0.39, 0.29) is 22.9 Å². The Morgan fingerprint density at radius 2 is 1.68 bits per heavy atom. The molecule has 0 unspecified atom stereocenters. The summed E-state index contributed by atoms with van der Waals surface area (Å²) in [7, 11) is -2.50. The molecule has 2 aromatic carbocycles. The van der Waals surface area contributed by atoms with Crippen LogP contribution in [-0.2, 0) is 16.6 Å². The van der Waals surface area contributed by atoms with Crippen molar-refractivity contribution >= 4 is 15.7 Å². The molecule has 0 saturated carbocycles. The Balaban J connectivity index is 2.12. The Labute approximate surface area is 142 Å². The number of ether oxygens (including phenoxy) is 1. The van der Waals surface area contributed by atoms with E-state index in [1.165, 1.54) is 31.3 Å². The monoisotopic (exact) mass is 372 g/mol. The molecule has 0 bridgehead atoms. The highest BCUT2D eigenvalue weighted by molar-refractivity contribution is 7.89. The van der Waals surface area contributed by atoms with E-state index in [2.05, 4.69) is 4.74 Å². The molecule has 10 heteroatoms. The molecule has 0 aliphatic rings.